The molecule has 0 bridgehead atoms. The van der Waals surface area contributed by atoms with Crippen molar-refractivity contribution < 1.29 is 0 Å². The standard InChI is InChI=1S/C15H22N4/c1-18-8-3-5-15(18)12-19-9-2-4-13(11-19)10-14-6-7-16-17-14/h3,5-8,13H,2,4,9-12H2,1H3,(H,16,17)/t13-/m1/s1. The normalized spacial score (nSPS) is 20.8. The number of rotatable bonds is 4. The lowest BCUT2D eigenvalue weighted by molar-refractivity contribution is 0.163. The molecule has 1 atom stereocenters. The first-order valence-corrected chi connectivity index (χ1v) is 7.12. The highest BCUT2D eigenvalue weighted by molar-refractivity contribution is 5.06. The molecule has 3 rings (SSSR count). The summed E-state index contributed by atoms with van der Waals surface area (Å²) in [4.78, 5) is 2.58. The summed E-state index contributed by atoms with van der Waals surface area (Å²) in [6.07, 6.45) is 7.75. The Labute approximate surface area is 114 Å². The zero-order valence-corrected chi connectivity index (χ0v) is 11.5. The maximum absolute atomic E-state index is 4.04. The minimum absolute atomic E-state index is 0.759. The molecule has 0 radical (unpaired) electrons. The predicted molar refractivity (Wildman–Crippen MR) is 75.7 cm³/mol. The molecular weight excluding hydrogens is 236 g/mol. The van der Waals surface area contributed by atoms with Crippen LogP contribution in [-0.4, -0.2) is 32.8 Å². The van der Waals surface area contributed by atoms with E-state index in [1.165, 1.54) is 37.3 Å². The van der Waals surface area contributed by atoms with E-state index in [0.717, 1.165) is 18.9 Å². The number of piperidine rings is 1. The van der Waals surface area contributed by atoms with Crippen molar-refractivity contribution >= 4 is 0 Å². The lowest BCUT2D eigenvalue weighted by Gasteiger charge is -2.32. The van der Waals surface area contributed by atoms with E-state index in [4.69, 9.17) is 0 Å². The van der Waals surface area contributed by atoms with Crippen molar-refractivity contribution in [2.24, 2.45) is 13.0 Å². The van der Waals surface area contributed by atoms with Crippen LogP contribution in [0.15, 0.2) is 30.6 Å². The van der Waals surface area contributed by atoms with Gasteiger partial charge in [-0.1, -0.05) is 0 Å². The van der Waals surface area contributed by atoms with Crippen LogP contribution < -0.4 is 0 Å². The summed E-state index contributed by atoms with van der Waals surface area (Å²) in [5.74, 6) is 0.759. The quantitative estimate of drug-likeness (QED) is 0.913. The molecule has 0 aromatic carbocycles. The zero-order chi connectivity index (χ0) is 13.1. The highest BCUT2D eigenvalue weighted by atomic mass is 15.2. The van der Waals surface area contributed by atoms with E-state index in [0.29, 0.717) is 0 Å². The van der Waals surface area contributed by atoms with Gasteiger partial charge in [-0.2, -0.15) is 5.10 Å². The van der Waals surface area contributed by atoms with E-state index in [-0.39, 0.29) is 0 Å². The lowest BCUT2D eigenvalue weighted by atomic mass is 9.93. The second kappa shape index (κ2) is 5.61. The zero-order valence-electron chi connectivity index (χ0n) is 11.5. The van der Waals surface area contributed by atoms with Crippen molar-refractivity contribution in [2.75, 3.05) is 13.1 Å². The number of hydrogen-bond donors (Lipinski definition) is 1. The number of nitrogens with one attached hydrogen (secondary N) is 1. The fourth-order valence-electron chi connectivity index (χ4n) is 3.06. The molecule has 0 spiro atoms. The van der Waals surface area contributed by atoms with Crippen LogP contribution in [0.1, 0.15) is 24.2 Å². The fourth-order valence-corrected chi connectivity index (χ4v) is 3.06. The van der Waals surface area contributed by atoms with E-state index >= 15 is 0 Å². The van der Waals surface area contributed by atoms with E-state index in [1.54, 1.807) is 0 Å². The van der Waals surface area contributed by atoms with Crippen molar-refractivity contribution in [3.63, 3.8) is 0 Å². The highest BCUT2D eigenvalue weighted by Crippen LogP contribution is 2.21. The van der Waals surface area contributed by atoms with Crippen molar-refractivity contribution in [2.45, 2.75) is 25.8 Å². The van der Waals surface area contributed by atoms with Crippen LogP contribution in [0.4, 0.5) is 0 Å². The van der Waals surface area contributed by atoms with Crippen LogP contribution >= 0.6 is 0 Å². The molecule has 0 unspecified atom stereocenters. The molecule has 1 aliphatic rings. The van der Waals surface area contributed by atoms with Crippen LogP contribution in [0.3, 0.4) is 0 Å². The molecule has 1 aliphatic heterocycles. The van der Waals surface area contributed by atoms with Gasteiger partial charge in [-0.3, -0.25) is 10.00 Å². The van der Waals surface area contributed by atoms with Gasteiger partial charge in [-0.05, 0) is 49.9 Å². The molecule has 1 fully saturated rings. The maximum atomic E-state index is 4.04. The van der Waals surface area contributed by atoms with Crippen LogP contribution in [0.25, 0.3) is 0 Å². The SMILES string of the molecule is Cn1cccc1CN1CCC[C@H](Cc2ccn[nH]2)C1. The molecule has 2 aromatic heterocycles. The number of hydrogen-bond acceptors (Lipinski definition) is 2. The third kappa shape index (κ3) is 3.07. The number of aromatic nitrogens is 3. The monoisotopic (exact) mass is 258 g/mol. The Morgan fingerprint density at radius 3 is 3.11 bits per heavy atom. The van der Waals surface area contributed by atoms with Gasteiger partial charge in [0, 0.05) is 43.9 Å². The summed E-state index contributed by atoms with van der Waals surface area (Å²) in [5.41, 5.74) is 2.67. The van der Waals surface area contributed by atoms with E-state index < -0.39 is 0 Å². The second-order valence-corrected chi connectivity index (χ2v) is 5.64. The van der Waals surface area contributed by atoms with E-state index in [1.807, 2.05) is 6.20 Å². The predicted octanol–water partition coefficient (Wildman–Crippen LogP) is 2.20. The van der Waals surface area contributed by atoms with Gasteiger partial charge in [-0.25, -0.2) is 0 Å². The van der Waals surface area contributed by atoms with E-state index in [9.17, 15) is 0 Å². The van der Waals surface area contributed by atoms with Crippen molar-refractivity contribution in [1.29, 1.82) is 0 Å². The molecule has 0 saturated carbocycles. The summed E-state index contributed by atoms with van der Waals surface area (Å²) in [6, 6.07) is 6.44. The first kappa shape index (κ1) is 12.5. The molecule has 0 aliphatic carbocycles. The smallest absolute Gasteiger partial charge is 0.0490 e. The molecular formula is C15H22N4. The molecule has 4 nitrogen and oxygen atoms in total. The number of aryl methyl sites for hydroxylation is 1. The molecule has 102 valence electrons. The minimum atomic E-state index is 0.759. The average Bonchev–Trinajstić information content (AvgIpc) is 3.03. The summed E-state index contributed by atoms with van der Waals surface area (Å²) >= 11 is 0. The third-order valence-electron chi connectivity index (χ3n) is 4.11. The van der Waals surface area contributed by atoms with Gasteiger partial charge in [0.1, 0.15) is 0 Å². The fraction of sp³-hybridized carbons (Fsp3) is 0.533. The molecule has 3 heterocycles. The van der Waals surface area contributed by atoms with Gasteiger partial charge in [0.25, 0.3) is 0 Å². The van der Waals surface area contributed by atoms with Crippen molar-refractivity contribution in [1.82, 2.24) is 19.7 Å². The molecule has 1 saturated heterocycles. The lowest BCUT2D eigenvalue weighted by Crippen LogP contribution is -2.36. The molecule has 2 aromatic rings. The third-order valence-corrected chi connectivity index (χ3v) is 4.11. The van der Waals surface area contributed by atoms with Gasteiger partial charge in [0.05, 0.1) is 0 Å². The first-order valence-electron chi connectivity index (χ1n) is 7.12. The summed E-state index contributed by atoms with van der Waals surface area (Å²) in [6.45, 7) is 3.50. The largest absolute Gasteiger partial charge is 0.353 e. The average molecular weight is 258 g/mol. The number of nitrogens with zero attached hydrogens (tertiary/aromatic N) is 3. The van der Waals surface area contributed by atoms with Crippen LogP contribution in [0.5, 0.6) is 0 Å². The van der Waals surface area contributed by atoms with E-state index in [2.05, 4.69) is 51.1 Å². The molecule has 0 amide bonds. The number of H-pyrrole nitrogens is 1. The summed E-state index contributed by atoms with van der Waals surface area (Å²) in [7, 11) is 2.13. The Kier molecular flexibility index (Phi) is 3.69. The van der Waals surface area contributed by atoms with Crippen molar-refractivity contribution in [3.05, 3.63) is 42.0 Å². The Morgan fingerprint density at radius 2 is 2.37 bits per heavy atom. The molecule has 4 heteroatoms. The summed E-state index contributed by atoms with van der Waals surface area (Å²) < 4.78 is 2.22. The number of likely N-dealkylation sites (tertiary alicyclic amines) is 1. The maximum Gasteiger partial charge on any atom is 0.0490 e. The van der Waals surface area contributed by atoms with Crippen LogP contribution in [0, 0.1) is 5.92 Å². The number of aromatic amines is 1. The Hall–Kier alpha value is -1.55. The minimum Gasteiger partial charge on any atom is -0.353 e. The van der Waals surface area contributed by atoms with Crippen molar-refractivity contribution in [3.8, 4) is 0 Å². The summed E-state index contributed by atoms with van der Waals surface area (Å²) in [5, 5.41) is 7.12. The first-order chi connectivity index (χ1) is 9.31. The topological polar surface area (TPSA) is 36.9 Å². The Bertz CT molecular complexity index is 500. The molecule has 19 heavy (non-hydrogen) atoms. The van der Waals surface area contributed by atoms with Crippen LogP contribution in [0.2, 0.25) is 0 Å². The Morgan fingerprint density at radius 1 is 1.42 bits per heavy atom. The second-order valence-electron chi connectivity index (χ2n) is 5.64. The van der Waals surface area contributed by atoms with Crippen LogP contribution in [-0.2, 0) is 20.0 Å². The molecule has 1 N–H and O–H groups in total. The van der Waals surface area contributed by atoms with Gasteiger partial charge < -0.3 is 4.57 Å². The van der Waals surface area contributed by atoms with Gasteiger partial charge in [-0.15, -0.1) is 0 Å². The van der Waals surface area contributed by atoms with Gasteiger partial charge in [0.2, 0.25) is 0 Å². The van der Waals surface area contributed by atoms with Gasteiger partial charge >= 0.3 is 0 Å². The van der Waals surface area contributed by atoms with Gasteiger partial charge in [0.15, 0.2) is 0 Å². The highest BCUT2D eigenvalue weighted by Gasteiger charge is 2.21. The Balaban J connectivity index is 1.57.